The van der Waals surface area contributed by atoms with Crippen LogP contribution in [-0.4, -0.2) is 30.0 Å². The number of carbonyl (C=O) groups excluding carboxylic acids is 1. The van der Waals surface area contributed by atoms with Crippen LogP contribution in [0.4, 0.5) is 10.1 Å². The summed E-state index contributed by atoms with van der Waals surface area (Å²) in [6.45, 7) is 1.57. The molecule has 0 radical (unpaired) electrons. The van der Waals surface area contributed by atoms with Crippen LogP contribution in [0, 0.1) is 5.82 Å². The van der Waals surface area contributed by atoms with Crippen LogP contribution in [0.15, 0.2) is 41.2 Å². The second-order valence-corrected chi connectivity index (χ2v) is 6.24. The van der Waals surface area contributed by atoms with Gasteiger partial charge in [0.2, 0.25) is 5.91 Å². The van der Waals surface area contributed by atoms with Gasteiger partial charge < -0.3 is 10.2 Å². The summed E-state index contributed by atoms with van der Waals surface area (Å²) in [6, 6.07) is 6.65. The zero-order chi connectivity index (χ0) is 16.1. The maximum atomic E-state index is 13.4. The summed E-state index contributed by atoms with van der Waals surface area (Å²) in [7, 11) is 0. The van der Waals surface area contributed by atoms with Crippen molar-refractivity contribution in [3.63, 3.8) is 0 Å². The second kappa shape index (κ2) is 7.37. The van der Waals surface area contributed by atoms with E-state index in [4.69, 9.17) is 0 Å². The first kappa shape index (κ1) is 15.7. The molecule has 2 aromatic rings. The number of nitrogens with zero attached hydrogens (tertiary/aromatic N) is 2. The SMILES string of the molecule is O=C(/C=C/c1cscn1)N[C@H]1CCCN(c2cccc(F)c2)C1. The van der Waals surface area contributed by atoms with Crippen molar-refractivity contribution in [2.24, 2.45) is 0 Å². The number of benzene rings is 1. The molecule has 1 aliphatic rings. The van der Waals surface area contributed by atoms with Crippen LogP contribution in [0.2, 0.25) is 0 Å². The minimum Gasteiger partial charge on any atom is -0.369 e. The van der Waals surface area contributed by atoms with Crippen LogP contribution in [0.25, 0.3) is 6.08 Å². The lowest BCUT2D eigenvalue weighted by Crippen LogP contribution is -2.47. The van der Waals surface area contributed by atoms with E-state index in [1.54, 1.807) is 17.7 Å². The van der Waals surface area contributed by atoms with Gasteiger partial charge in [-0.05, 0) is 37.1 Å². The lowest BCUT2D eigenvalue weighted by Gasteiger charge is -2.34. The number of hydrogen-bond donors (Lipinski definition) is 1. The van der Waals surface area contributed by atoms with E-state index in [1.165, 1.54) is 29.5 Å². The average molecular weight is 331 g/mol. The molecule has 1 saturated heterocycles. The summed E-state index contributed by atoms with van der Waals surface area (Å²) in [5, 5.41) is 4.90. The third-order valence-corrected chi connectivity index (χ3v) is 4.40. The van der Waals surface area contributed by atoms with E-state index in [2.05, 4.69) is 15.2 Å². The number of carbonyl (C=O) groups is 1. The predicted octanol–water partition coefficient (Wildman–Crippen LogP) is 3.08. The Hall–Kier alpha value is -2.21. The highest BCUT2D eigenvalue weighted by molar-refractivity contribution is 7.07. The van der Waals surface area contributed by atoms with Gasteiger partial charge >= 0.3 is 0 Å². The molecule has 1 atom stereocenters. The number of aromatic nitrogens is 1. The van der Waals surface area contributed by atoms with Gasteiger partial charge in [0.05, 0.1) is 11.2 Å². The molecule has 0 saturated carbocycles. The fourth-order valence-corrected chi connectivity index (χ4v) is 3.24. The summed E-state index contributed by atoms with van der Waals surface area (Å²) in [6.07, 6.45) is 5.12. The quantitative estimate of drug-likeness (QED) is 0.876. The average Bonchev–Trinajstić information content (AvgIpc) is 3.07. The van der Waals surface area contributed by atoms with Crippen molar-refractivity contribution in [2.75, 3.05) is 18.0 Å². The van der Waals surface area contributed by atoms with Gasteiger partial charge in [-0.3, -0.25) is 4.79 Å². The van der Waals surface area contributed by atoms with E-state index in [1.807, 2.05) is 11.4 Å². The number of nitrogens with one attached hydrogen (secondary N) is 1. The third-order valence-electron chi connectivity index (χ3n) is 3.80. The van der Waals surface area contributed by atoms with Crippen LogP contribution in [0.1, 0.15) is 18.5 Å². The molecule has 23 heavy (non-hydrogen) atoms. The minimum atomic E-state index is -0.236. The minimum absolute atomic E-state index is 0.0691. The van der Waals surface area contributed by atoms with Crippen molar-refractivity contribution in [3.05, 3.63) is 52.7 Å². The van der Waals surface area contributed by atoms with E-state index in [-0.39, 0.29) is 17.8 Å². The molecule has 0 aliphatic carbocycles. The zero-order valence-corrected chi connectivity index (χ0v) is 13.4. The zero-order valence-electron chi connectivity index (χ0n) is 12.6. The van der Waals surface area contributed by atoms with Crippen LogP contribution in [0.5, 0.6) is 0 Å². The van der Waals surface area contributed by atoms with Crippen molar-refractivity contribution in [1.82, 2.24) is 10.3 Å². The van der Waals surface area contributed by atoms with Crippen molar-refractivity contribution >= 4 is 29.0 Å². The molecule has 0 unspecified atom stereocenters. The number of hydrogen-bond acceptors (Lipinski definition) is 4. The Bertz CT molecular complexity index is 687. The molecule has 6 heteroatoms. The molecule has 2 heterocycles. The first-order chi connectivity index (χ1) is 11.2. The maximum Gasteiger partial charge on any atom is 0.244 e. The monoisotopic (exact) mass is 331 g/mol. The Balaban J connectivity index is 1.57. The van der Waals surface area contributed by atoms with Crippen molar-refractivity contribution < 1.29 is 9.18 Å². The van der Waals surface area contributed by atoms with Crippen molar-refractivity contribution in [2.45, 2.75) is 18.9 Å². The first-order valence-electron chi connectivity index (χ1n) is 7.58. The highest BCUT2D eigenvalue weighted by Crippen LogP contribution is 2.20. The van der Waals surface area contributed by atoms with Crippen molar-refractivity contribution in [1.29, 1.82) is 0 Å². The number of rotatable bonds is 4. The normalized spacial score (nSPS) is 18.3. The number of amides is 1. The van der Waals surface area contributed by atoms with E-state index >= 15 is 0 Å². The fourth-order valence-electron chi connectivity index (χ4n) is 2.72. The second-order valence-electron chi connectivity index (χ2n) is 5.52. The molecule has 0 bridgehead atoms. The summed E-state index contributed by atoms with van der Waals surface area (Å²) in [5.74, 6) is -0.357. The highest BCUT2D eigenvalue weighted by Gasteiger charge is 2.21. The maximum absolute atomic E-state index is 13.4. The number of thiazole rings is 1. The van der Waals surface area contributed by atoms with Gasteiger partial charge in [-0.25, -0.2) is 9.37 Å². The largest absolute Gasteiger partial charge is 0.369 e. The number of halogens is 1. The van der Waals surface area contributed by atoms with Gasteiger partial charge in [-0.1, -0.05) is 6.07 Å². The summed E-state index contributed by atoms with van der Waals surface area (Å²) >= 11 is 1.49. The smallest absolute Gasteiger partial charge is 0.244 e. The Morgan fingerprint density at radius 1 is 1.48 bits per heavy atom. The van der Waals surface area contributed by atoms with Gasteiger partial charge in [-0.15, -0.1) is 11.3 Å². The van der Waals surface area contributed by atoms with E-state index in [9.17, 15) is 9.18 Å². The third kappa shape index (κ3) is 4.39. The summed E-state index contributed by atoms with van der Waals surface area (Å²) in [5.41, 5.74) is 3.38. The first-order valence-corrected chi connectivity index (χ1v) is 8.52. The van der Waals surface area contributed by atoms with Gasteiger partial charge in [0.15, 0.2) is 0 Å². The van der Waals surface area contributed by atoms with Gasteiger partial charge in [0.1, 0.15) is 5.82 Å². The molecule has 1 amide bonds. The Morgan fingerprint density at radius 2 is 2.39 bits per heavy atom. The molecule has 1 fully saturated rings. The predicted molar refractivity (Wildman–Crippen MR) is 90.9 cm³/mol. The Kier molecular flexibility index (Phi) is 5.02. The molecule has 1 aromatic heterocycles. The lowest BCUT2D eigenvalue weighted by atomic mass is 10.0. The molecule has 1 aliphatic heterocycles. The van der Waals surface area contributed by atoms with E-state index in [0.29, 0.717) is 6.54 Å². The molecule has 120 valence electrons. The number of anilines is 1. The lowest BCUT2D eigenvalue weighted by molar-refractivity contribution is -0.117. The molecule has 0 spiro atoms. The molecule has 1 aromatic carbocycles. The standard InChI is InChI=1S/C17H18FN3OS/c18-13-3-1-5-16(9-13)21-8-2-4-14(10-21)20-17(22)7-6-15-11-23-12-19-15/h1,3,5-7,9,11-12,14H,2,4,8,10H2,(H,20,22)/b7-6+/t14-/m0/s1. The topological polar surface area (TPSA) is 45.2 Å². The van der Waals surface area contributed by atoms with Crippen LogP contribution in [-0.2, 0) is 4.79 Å². The fraction of sp³-hybridized carbons (Fsp3) is 0.294. The number of piperidine rings is 1. The molecular formula is C17H18FN3OS. The molecule has 4 nitrogen and oxygen atoms in total. The molecule has 3 rings (SSSR count). The van der Waals surface area contributed by atoms with Crippen molar-refractivity contribution in [3.8, 4) is 0 Å². The van der Waals surface area contributed by atoms with E-state index < -0.39 is 0 Å². The molecule has 1 N–H and O–H groups in total. The van der Waals surface area contributed by atoms with Crippen LogP contribution in [0.3, 0.4) is 0 Å². The highest BCUT2D eigenvalue weighted by atomic mass is 32.1. The van der Waals surface area contributed by atoms with E-state index in [0.717, 1.165) is 30.8 Å². The molecular weight excluding hydrogens is 313 g/mol. The van der Waals surface area contributed by atoms with Crippen LogP contribution < -0.4 is 10.2 Å². The summed E-state index contributed by atoms with van der Waals surface area (Å²) in [4.78, 5) is 18.2. The van der Waals surface area contributed by atoms with Gasteiger partial charge in [0.25, 0.3) is 0 Å². The van der Waals surface area contributed by atoms with Gasteiger partial charge in [0, 0.05) is 36.3 Å². The Morgan fingerprint density at radius 3 is 3.17 bits per heavy atom. The van der Waals surface area contributed by atoms with Gasteiger partial charge in [-0.2, -0.15) is 0 Å². The summed E-state index contributed by atoms with van der Waals surface area (Å²) < 4.78 is 13.4. The Labute approximate surface area is 138 Å². The van der Waals surface area contributed by atoms with Crippen LogP contribution >= 0.6 is 11.3 Å².